The standard InChI is InChI=1S/C15H25N3O2S/c1-4-5-12-8-18(15-16-6-7-21-15)9-13(12)17-14(19)10-20-11(2)3/h6-7,11-13H,4-5,8-10H2,1-3H3,(H,17,19)/t12-,13-/m0/s1. The molecule has 21 heavy (non-hydrogen) atoms. The molecule has 118 valence electrons. The van der Waals surface area contributed by atoms with Crippen LogP contribution in [-0.2, 0) is 9.53 Å². The van der Waals surface area contributed by atoms with Crippen molar-refractivity contribution in [1.29, 1.82) is 0 Å². The number of rotatable bonds is 7. The van der Waals surface area contributed by atoms with Gasteiger partial charge in [-0.3, -0.25) is 4.79 Å². The largest absolute Gasteiger partial charge is 0.369 e. The highest BCUT2D eigenvalue weighted by Gasteiger charge is 2.34. The Morgan fingerprint density at radius 1 is 1.57 bits per heavy atom. The van der Waals surface area contributed by atoms with E-state index in [0.29, 0.717) is 5.92 Å². The molecule has 0 spiro atoms. The Morgan fingerprint density at radius 2 is 2.38 bits per heavy atom. The maximum Gasteiger partial charge on any atom is 0.246 e. The number of thiazole rings is 1. The summed E-state index contributed by atoms with van der Waals surface area (Å²) in [4.78, 5) is 18.6. The Morgan fingerprint density at radius 3 is 3.00 bits per heavy atom. The first-order valence-electron chi connectivity index (χ1n) is 7.65. The molecular weight excluding hydrogens is 286 g/mol. The number of ether oxygens (including phenoxy) is 1. The average molecular weight is 311 g/mol. The molecule has 2 heterocycles. The van der Waals surface area contributed by atoms with Crippen LogP contribution in [0.3, 0.4) is 0 Å². The molecule has 1 N–H and O–H groups in total. The number of hydrogen-bond acceptors (Lipinski definition) is 5. The van der Waals surface area contributed by atoms with Crippen molar-refractivity contribution in [3.05, 3.63) is 11.6 Å². The minimum absolute atomic E-state index is 0.0178. The first-order chi connectivity index (χ1) is 10.1. The van der Waals surface area contributed by atoms with Crippen LogP contribution < -0.4 is 10.2 Å². The zero-order valence-electron chi connectivity index (χ0n) is 13.0. The van der Waals surface area contributed by atoms with E-state index >= 15 is 0 Å². The number of hydrogen-bond donors (Lipinski definition) is 1. The number of amides is 1. The zero-order chi connectivity index (χ0) is 15.2. The van der Waals surface area contributed by atoms with Gasteiger partial charge in [0.05, 0.1) is 12.1 Å². The molecule has 0 unspecified atom stereocenters. The molecule has 1 aliphatic heterocycles. The molecule has 6 heteroatoms. The third-order valence-electron chi connectivity index (χ3n) is 3.68. The van der Waals surface area contributed by atoms with Crippen LogP contribution in [0.2, 0.25) is 0 Å². The van der Waals surface area contributed by atoms with E-state index < -0.39 is 0 Å². The summed E-state index contributed by atoms with van der Waals surface area (Å²) in [6.45, 7) is 8.01. The van der Waals surface area contributed by atoms with Crippen molar-refractivity contribution in [2.75, 3.05) is 24.6 Å². The summed E-state index contributed by atoms with van der Waals surface area (Å²) in [5.41, 5.74) is 0. The van der Waals surface area contributed by atoms with Gasteiger partial charge in [-0.2, -0.15) is 0 Å². The SMILES string of the molecule is CCC[C@H]1CN(c2nccs2)C[C@@H]1NC(=O)COC(C)C. The lowest BCUT2D eigenvalue weighted by Crippen LogP contribution is -2.42. The van der Waals surface area contributed by atoms with Crippen LogP contribution in [0.4, 0.5) is 5.13 Å². The first kappa shape index (κ1) is 16.2. The maximum atomic E-state index is 12.0. The lowest BCUT2D eigenvalue weighted by molar-refractivity contribution is -0.127. The van der Waals surface area contributed by atoms with Crippen LogP contribution in [0.15, 0.2) is 11.6 Å². The lowest BCUT2D eigenvalue weighted by Gasteiger charge is -2.19. The number of aromatic nitrogens is 1. The molecule has 0 saturated carbocycles. The second-order valence-corrected chi connectivity index (χ2v) is 6.68. The maximum absolute atomic E-state index is 12.0. The van der Waals surface area contributed by atoms with Gasteiger partial charge in [-0.1, -0.05) is 13.3 Å². The summed E-state index contributed by atoms with van der Waals surface area (Å²) in [6, 6.07) is 0.192. The van der Waals surface area contributed by atoms with E-state index in [1.165, 1.54) is 0 Å². The number of anilines is 1. The van der Waals surface area contributed by atoms with Gasteiger partial charge in [0, 0.05) is 24.7 Å². The fourth-order valence-corrected chi connectivity index (χ4v) is 3.38. The van der Waals surface area contributed by atoms with E-state index in [9.17, 15) is 4.79 Å². The van der Waals surface area contributed by atoms with E-state index in [4.69, 9.17) is 4.74 Å². The fraction of sp³-hybridized carbons (Fsp3) is 0.733. The second-order valence-electron chi connectivity index (χ2n) is 5.80. The third-order valence-corrected chi connectivity index (χ3v) is 4.52. The highest BCUT2D eigenvalue weighted by atomic mass is 32.1. The van der Waals surface area contributed by atoms with E-state index in [0.717, 1.165) is 31.1 Å². The summed E-state index contributed by atoms with van der Waals surface area (Å²) < 4.78 is 5.37. The highest BCUT2D eigenvalue weighted by Crippen LogP contribution is 2.28. The molecule has 0 bridgehead atoms. The van der Waals surface area contributed by atoms with Gasteiger partial charge in [0.1, 0.15) is 6.61 Å². The van der Waals surface area contributed by atoms with Crippen molar-refractivity contribution in [2.45, 2.75) is 45.8 Å². The zero-order valence-corrected chi connectivity index (χ0v) is 13.9. The van der Waals surface area contributed by atoms with Gasteiger partial charge in [-0.15, -0.1) is 11.3 Å². The molecule has 1 aromatic heterocycles. The molecule has 1 aromatic rings. The van der Waals surface area contributed by atoms with Gasteiger partial charge in [0.2, 0.25) is 5.91 Å². The highest BCUT2D eigenvalue weighted by molar-refractivity contribution is 7.13. The number of nitrogens with zero attached hydrogens (tertiary/aromatic N) is 2. The molecule has 5 nitrogen and oxygen atoms in total. The van der Waals surface area contributed by atoms with E-state index in [2.05, 4.69) is 22.1 Å². The molecule has 1 aliphatic rings. The van der Waals surface area contributed by atoms with Crippen LogP contribution in [0, 0.1) is 5.92 Å². The topological polar surface area (TPSA) is 54.5 Å². The predicted molar refractivity (Wildman–Crippen MR) is 85.7 cm³/mol. The molecule has 0 radical (unpaired) electrons. The fourth-order valence-electron chi connectivity index (χ4n) is 2.72. The number of carbonyl (C=O) groups excluding carboxylic acids is 1. The Bertz CT molecular complexity index is 436. The minimum Gasteiger partial charge on any atom is -0.369 e. The van der Waals surface area contributed by atoms with Crippen molar-refractivity contribution in [3.8, 4) is 0 Å². The summed E-state index contributed by atoms with van der Waals surface area (Å²) in [5, 5.41) is 6.17. The summed E-state index contributed by atoms with van der Waals surface area (Å²) in [5.74, 6) is 0.470. The van der Waals surface area contributed by atoms with Crippen molar-refractivity contribution in [1.82, 2.24) is 10.3 Å². The molecule has 1 fully saturated rings. The summed E-state index contributed by atoms with van der Waals surface area (Å²) >= 11 is 1.65. The van der Waals surface area contributed by atoms with Crippen LogP contribution in [-0.4, -0.2) is 42.7 Å². The van der Waals surface area contributed by atoms with Gasteiger partial charge in [0.15, 0.2) is 5.13 Å². The normalized spacial score (nSPS) is 22.0. The van der Waals surface area contributed by atoms with E-state index in [1.54, 1.807) is 11.3 Å². The Labute approximate surface area is 130 Å². The van der Waals surface area contributed by atoms with Crippen LogP contribution in [0.5, 0.6) is 0 Å². The van der Waals surface area contributed by atoms with Gasteiger partial charge in [0.25, 0.3) is 0 Å². The monoisotopic (exact) mass is 311 g/mol. The number of carbonyl (C=O) groups is 1. The molecule has 0 aromatic carbocycles. The van der Waals surface area contributed by atoms with E-state index in [1.807, 2.05) is 25.4 Å². The second kappa shape index (κ2) is 7.75. The van der Waals surface area contributed by atoms with Gasteiger partial charge in [-0.05, 0) is 26.2 Å². The minimum atomic E-state index is -0.0178. The molecule has 0 aliphatic carbocycles. The van der Waals surface area contributed by atoms with Crippen molar-refractivity contribution in [3.63, 3.8) is 0 Å². The average Bonchev–Trinajstić information content (AvgIpc) is 3.07. The third kappa shape index (κ3) is 4.68. The lowest BCUT2D eigenvalue weighted by atomic mass is 9.98. The van der Waals surface area contributed by atoms with Gasteiger partial charge in [-0.25, -0.2) is 4.98 Å². The quantitative estimate of drug-likeness (QED) is 0.839. The molecular formula is C15H25N3O2S. The number of nitrogens with one attached hydrogen (secondary N) is 1. The van der Waals surface area contributed by atoms with Crippen LogP contribution in [0.1, 0.15) is 33.6 Å². The molecule has 1 amide bonds. The molecule has 2 atom stereocenters. The van der Waals surface area contributed by atoms with Gasteiger partial charge < -0.3 is 15.0 Å². The van der Waals surface area contributed by atoms with Crippen molar-refractivity contribution >= 4 is 22.4 Å². The first-order valence-corrected chi connectivity index (χ1v) is 8.53. The van der Waals surface area contributed by atoms with E-state index in [-0.39, 0.29) is 24.7 Å². The molecule has 2 rings (SSSR count). The molecule has 1 saturated heterocycles. The smallest absolute Gasteiger partial charge is 0.246 e. The summed E-state index contributed by atoms with van der Waals surface area (Å²) in [7, 11) is 0. The van der Waals surface area contributed by atoms with Gasteiger partial charge >= 0.3 is 0 Å². The Hall–Kier alpha value is -1.14. The van der Waals surface area contributed by atoms with Crippen molar-refractivity contribution in [2.24, 2.45) is 5.92 Å². The Balaban J connectivity index is 1.91. The predicted octanol–water partition coefficient (Wildman–Crippen LogP) is 2.29. The Kier molecular flexibility index (Phi) is 5.99. The summed E-state index contributed by atoms with van der Waals surface area (Å²) in [6.07, 6.45) is 4.16. The van der Waals surface area contributed by atoms with Crippen molar-refractivity contribution < 1.29 is 9.53 Å². The van der Waals surface area contributed by atoms with Crippen LogP contribution >= 0.6 is 11.3 Å². The van der Waals surface area contributed by atoms with Crippen LogP contribution in [0.25, 0.3) is 0 Å².